The predicted molar refractivity (Wildman–Crippen MR) is 509 cm³/mol. The number of esters is 1. The first kappa shape index (κ1) is 115. The van der Waals surface area contributed by atoms with Crippen molar-refractivity contribution >= 4 is 118 Å². The molecule has 1 unspecified atom stereocenters. The van der Waals surface area contributed by atoms with E-state index >= 15 is 28.4 Å². The number of aliphatic hydroxyl groups excluding tert-OH is 2. The number of alkyl carbamates (subject to hydrolysis) is 4. The summed E-state index contributed by atoms with van der Waals surface area (Å²) >= 11 is 0. The Morgan fingerprint density at radius 3 is 1.64 bits per heavy atom. The second kappa shape index (κ2) is 51.5. The maximum atomic E-state index is 15.7. The number of hydrogen-bond donors (Lipinski definition) is 18. The van der Waals surface area contributed by atoms with Crippen molar-refractivity contribution in [3.05, 3.63) is 83.7 Å². The smallest absolute Gasteiger partial charge is 0.410 e. The zero-order chi connectivity index (χ0) is 106. The van der Waals surface area contributed by atoms with Gasteiger partial charge in [-0.25, -0.2) is 32.9 Å². The number of carbonyl (C=O) groups excluding carboxylic acids is 17. The van der Waals surface area contributed by atoms with Crippen LogP contribution in [0, 0.1) is 19.7 Å². The lowest BCUT2D eigenvalue weighted by molar-refractivity contribution is -0.150. The molecule has 14 atom stereocenters. The summed E-state index contributed by atoms with van der Waals surface area (Å²) < 4.78 is 62.1. The Morgan fingerprint density at radius 1 is 0.563 bits per heavy atom. The summed E-state index contributed by atoms with van der Waals surface area (Å²) in [5.41, 5.74) is -2.76. The maximum absolute atomic E-state index is 15.7. The Balaban J connectivity index is 1.22. The van der Waals surface area contributed by atoms with Crippen LogP contribution in [-0.4, -0.2) is 295 Å². The van der Waals surface area contributed by atoms with Crippen LogP contribution in [0.5, 0.6) is 17.4 Å². The molecular formula is C94H139FN20O27. The van der Waals surface area contributed by atoms with Crippen molar-refractivity contribution in [3.63, 3.8) is 0 Å². The molecule has 5 heterocycles. The van der Waals surface area contributed by atoms with Gasteiger partial charge in [0.25, 0.3) is 0 Å². The number of carbonyl (C=O) groups is 17. The SMILES string of the molecule is Cc1cc2c(F)c(Oc3ncnn4cc(OC[C@@H](C)OC(=O)CCC(=O)N[C@@H](CCNC(=O)OC(C)(C)C)C(=O)N[C@H](C(=O)N[C@@H](CCNC(=O)OC(C)(C)C)C(=O)N[C@@H]5CCNC(=O)[C@@H]([C@H](C)O)NC(=O)[C@H](CCNC(=O)OC(C)(C)C)NC(=O)[C@@H]6CCN(C(=O)OC(C)(C)C)C(C)C[C@H](NC(=O)[C@H](Cc7ccccc7)NC(=O)[C@H](CCNC(=O)OC(C)(C)C)NC5=O)C(=O)N6)[C@H](C)O)c(C)c34)ccc2[nH]1. The second-order valence-electron chi connectivity index (χ2n) is 39.7. The Bertz CT molecular complexity index is 5290. The molecule has 2 aromatic carbocycles. The molecule has 7 rings (SSSR count). The molecule has 784 valence electrons. The molecule has 0 radical (unpaired) electrons. The molecule has 0 saturated carbocycles. The molecule has 0 aliphatic carbocycles. The van der Waals surface area contributed by atoms with Crippen molar-refractivity contribution in [1.82, 2.24) is 104 Å². The molecule has 47 nitrogen and oxygen atoms in total. The van der Waals surface area contributed by atoms with Gasteiger partial charge >= 0.3 is 36.4 Å². The van der Waals surface area contributed by atoms with Crippen LogP contribution < -0.4 is 89.2 Å². The lowest BCUT2D eigenvalue weighted by atomic mass is 10.0. The van der Waals surface area contributed by atoms with Crippen molar-refractivity contribution in [2.45, 2.75) is 322 Å². The summed E-state index contributed by atoms with van der Waals surface area (Å²) in [4.78, 5) is 254. The van der Waals surface area contributed by atoms with Gasteiger partial charge in [0.2, 0.25) is 70.9 Å². The molecule has 2 bridgehead atoms. The number of rotatable bonds is 32. The average Bonchev–Trinajstić information content (AvgIpc) is 1.62. The molecule has 2 aliphatic rings. The van der Waals surface area contributed by atoms with Crippen molar-refractivity contribution in [1.29, 1.82) is 0 Å². The lowest BCUT2D eigenvalue weighted by Crippen LogP contribution is -2.62. The number of benzene rings is 2. The molecule has 5 aromatic rings. The molecule has 48 heteroatoms. The zero-order valence-corrected chi connectivity index (χ0v) is 84.1. The molecule has 2 fully saturated rings. The highest BCUT2D eigenvalue weighted by molar-refractivity contribution is 6.00. The normalized spacial score (nSPS) is 19.8. The number of amides is 16. The molecule has 2 aliphatic heterocycles. The topological polar surface area (TPSA) is 634 Å². The highest BCUT2D eigenvalue weighted by atomic mass is 19.1. The maximum Gasteiger partial charge on any atom is 0.410 e. The van der Waals surface area contributed by atoms with E-state index in [4.69, 9.17) is 37.9 Å². The van der Waals surface area contributed by atoms with Gasteiger partial charge in [-0.3, -0.25) is 57.5 Å². The van der Waals surface area contributed by atoms with Gasteiger partial charge in [0.05, 0.1) is 24.8 Å². The molecule has 2 saturated heterocycles. The van der Waals surface area contributed by atoms with E-state index in [0.717, 1.165) is 19.5 Å². The fourth-order valence-corrected chi connectivity index (χ4v) is 14.4. The first-order valence-electron chi connectivity index (χ1n) is 46.9. The second-order valence-corrected chi connectivity index (χ2v) is 39.7. The summed E-state index contributed by atoms with van der Waals surface area (Å²) in [6.07, 6.45) is -12.0. The highest BCUT2D eigenvalue weighted by Crippen LogP contribution is 2.36. The van der Waals surface area contributed by atoms with Gasteiger partial charge in [0, 0.05) is 80.3 Å². The number of fused-ring (bicyclic) bond motifs is 5. The number of halogens is 1. The summed E-state index contributed by atoms with van der Waals surface area (Å²) in [5, 5.41) is 65.0. The standard InChI is InChI=1S/C94H139FN20O27/c1-49-43-56-57(103-49)27-28-66(70(56)95)137-84-73-52(4)67(46-115(73)102-48-101-84)135-47-51(3)136-69(119)30-29-68(118)104-58(32-38-97-85(130)138-90(7,8)9)78(124)113-72(54(6)117)83(129)109-61(34-40-99-87(132)140-92(13,14)15)75(121)105-59-31-37-96-82(128)71(53(5)116)112-79(125)62(35-41-100-88(133)141-93(16,17)18)107-77(123)63-36-42-114(89(134)142-94(19,20)21)50(2)44-64(80(126)108-63)110-81(127)65(45-55-25-23-22-24-26-55)111-76(122)60(106-74(59)120)33-39-98-86(131)139-91(10,11)12/h22-28,43,46,48,50-51,53-54,58-65,71-72,103,116-117H,29-42,44-45,47H2,1-21H3,(H,96,128)(H,97,130)(H,98,131)(H,99,132)(H,100,133)(H,104,118)(H,105,121)(H,106,120)(H,107,123)(H,108,126)(H,109,129)(H,110,127)(H,111,122)(H,112,125)(H,113,124)/t50?,51-,53+,54+,58+,59-,60+,61+,62+,63+,64+,65+,71-,72+/m1/s1. The number of aromatic nitrogens is 4. The lowest BCUT2D eigenvalue weighted by Gasteiger charge is -2.33. The number of aromatic amines is 1. The Morgan fingerprint density at radius 2 is 1.08 bits per heavy atom. The van der Waals surface area contributed by atoms with Gasteiger partial charge < -0.3 is 138 Å². The third-order valence-corrected chi connectivity index (χ3v) is 21.2. The minimum Gasteiger partial charge on any atom is -0.488 e. The first-order chi connectivity index (χ1) is 66.2. The third kappa shape index (κ3) is 38.2. The van der Waals surface area contributed by atoms with E-state index in [-0.39, 0.29) is 49.8 Å². The predicted octanol–water partition coefficient (Wildman–Crippen LogP) is 3.30. The summed E-state index contributed by atoms with van der Waals surface area (Å²) in [6, 6.07) is -6.58. The number of nitrogens with zero attached hydrogens (tertiary/aromatic N) is 4. The van der Waals surface area contributed by atoms with E-state index < -0.39 is 298 Å². The van der Waals surface area contributed by atoms with Crippen LogP contribution in [0.3, 0.4) is 0 Å². The van der Waals surface area contributed by atoms with Crippen LogP contribution >= 0.6 is 0 Å². The highest BCUT2D eigenvalue weighted by Gasteiger charge is 2.42. The number of nitrogens with one attached hydrogen (secondary N) is 16. The monoisotopic (exact) mass is 2000 g/mol. The van der Waals surface area contributed by atoms with Crippen LogP contribution in [0.2, 0.25) is 0 Å². The van der Waals surface area contributed by atoms with Gasteiger partial charge in [0.15, 0.2) is 11.6 Å². The van der Waals surface area contributed by atoms with Crippen molar-refractivity contribution < 1.29 is 134 Å². The minimum atomic E-state index is -2.09. The van der Waals surface area contributed by atoms with Crippen molar-refractivity contribution in [2.24, 2.45) is 0 Å². The number of ether oxygens (including phenoxy) is 8. The van der Waals surface area contributed by atoms with Gasteiger partial charge in [-0.15, -0.1) is 0 Å². The van der Waals surface area contributed by atoms with Gasteiger partial charge in [-0.2, -0.15) is 10.1 Å². The van der Waals surface area contributed by atoms with E-state index in [9.17, 15) is 67.7 Å². The molecular weight excluding hydrogens is 1860 g/mol. The summed E-state index contributed by atoms with van der Waals surface area (Å²) in [6.45, 7) is 29.2. The van der Waals surface area contributed by atoms with Crippen molar-refractivity contribution in [3.8, 4) is 17.4 Å². The zero-order valence-electron chi connectivity index (χ0n) is 84.1. The summed E-state index contributed by atoms with van der Waals surface area (Å²) in [7, 11) is 0. The fourth-order valence-electron chi connectivity index (χ4n) is 14.4. The van der Waals surface area contributed by atoms with Crippen LogP contribution in [0.15, 0.2) is 61.1 Å². The van der Waals surface area contributed by atoms with E-state index in [1.165, 1.54) is 34.9 Å². The van der Waals surface area contributed by atoms with Crippen LogP contribution in [-0.2, 0) is 92.4 Å². The molecule has 18 N–H and O–H groups in total. The van der Waals surface area contributed by atoms with Crippen LogP contribution in [0.1, 0.15) is 206 Å². The number of aliphatic hydroxyl groups is 2. The van der Waals surface area contributed by atoms with E-state index in [1.54, 1.807) is 167 Å². The quantitative estimate of drug-likeness (QED) is 0.0217. The molecule has 142 heavy (non-hydrogen) atoms. The van der Waals surface area contributed by atoms with E-state index in [0.29, 0.717) is 27.5 Å². The minimum absolute atomic E-state index is 0.00419. The van der Waals surface area contributed by atoms with Crippen LogP contribution in [0.25, 0.3) is 16.4 Å². The molecule has 16 amide bonds. The number of H-pyrrole nitrogens is 1. The number of hydrogen-bond acceptors (Lipinski definition) is 29. The van der Waals surface area contributed by atoms with Gasteiger partial charge in [0.1, 0.15) is 119 Å². The van der Waals surface area contributed by atoms with Gasteiger partial charge in [-0.1, -0.05) is 30.3 Å². The first-order valence-corrected chi connectivity index (χ1v) is 46.9. The largest absolute Gasteiger partial charge is 0.488 e. The van der Waals surface area contributed by atoms with Crippen molar-refractivity contribution in [2.75, 3.05) is 45.9 Å². The Kier molecular flexibility index (Phi) is 41.7. The Labute approximate surface area is 821 Å². The molecule has 3 aromatic heterocycles. The summed E-state index contributed by atoms with van der Waals surface area (Å²) in [5.74, 6) is -14.1. The van der Waals surface area contributed by atoms with E-state index in [1.807, 2.05) is 0 Å². The third-order valence-electron chi connectivity index (χ3n) is 21.2. The fraction of sp³-hybridized carbons (Fsp3) is 0.606. The van der Waals surface area contributed by atoms with Gasteiger partial charge in [-0.05, 0) is 214 Å². The van der Waals surface area contributed by atoms with Crippen LogP contribution in [0.4, 0.5) is 28.4 Å². The molecule has 0 spiro atoms. The average molecular weight is 2000 g/mol. The number of aryl methyl sites for hydroxylation is 2. The Hall–Kier alpha value is -14.0. The van der Waals surface area contributed by atoms with E-state index in [2.05, 4.69) is 94.8 Å².